The molecule has 3 rings (SSSR count). The summed E-state index contributed by atoms with van der Waals surface area (Å²) in [6.07, 6.45) is 0. The van der Waals surface area contributed by atoms with Crippen LogP contribution in [0.4, 0.5) is 0 Å². The number of fused-ring (bicyclic) bond motifs is 1. The van der Waals surface area contributed by atoms with E-state index in [0.717, 1.165) is 28.3 Å². The molecule has 2 heterocycles. The molecule has 0 spiro atoms. The Kier molecular flexibility index (Phi) is 3.44. The number of imidazole rings is 1. The van der Waals surface area contributed by atoms with Crippen molar-refractivity contribution in [2.24, 2.45) is 0 Å². The average molecular weight is 310 g/mol. The number of hydrogen-bond donors (Lipinski definition) is 0. The van der Waals surface area contributed by atoms with Crippen LogP contribution in [0.25, 0.3) is 11.0 Å². The molecule has 0 fully saturated rings. The second-order valence-corrected chi connectivity index (χ2v) is 5.83. The average Bonchev–Trinajstić information content (AvgIpc) is 2.94. The second kappa shape index (κ2) is 5.11. The predicted molar refractivity (Wildman–Crippen MR) is 79.4 cm³/mol. The summed E-state index contributed by atoms with van der Waals surface area (Å²) in [6.45, 7) is 4.34. The van der Waals surface area contributed by atoms with Gasteiger partial charge in [-0.15, -0.1) is 11.6 Å². The lowest BCUT2D eigenvalue weighted by molar-refractivity contribution is 0.389. The molecule has 0 aliphatic carbocycles. The van der Waals surface area contributed by atoms with Gasteiger partial charge >= 0.3 is 0 Å². The highest BCUT2D eigenvalue weighted by atomic mass is 35.5. The minimum absolute atomic E-state index is 0.200. The zero-order chi connectivity index (χ0) is 14.3. The minimum atomic E-state index is -0.200. The molecule has 0 aliphatic heterocycles. The Bertz CT molecular complexity index is 761. The van der Waals surface area contributed by atoms with Crippen molar-refractivity contribution in [2.45, 2.75) is 25.8 Å². The molecule has 0 saturated heterocycles. The maximum atomic E-state index is 6.23. The first kappa shape index (κ1) is 13.5. The van der Waals surface area contributed by atoms with E-state index in [1.807, 2.05) is 42.7 Å². The number of aryl methyl sites for hydroxylation is 1. The predicted octanol–water partition coefficient (Wildman–Crippen LogP) is 4.33. The lowest BCUT2D eigenvalue weighted by Gasteiger charge is -2.08. The van der Waals surface area contributed by atoms with Crippen LogP contribution in [0.15, 0.2) is 28.8 Å². The molecule has 0 aliphatic rings. The molecule has 1 unspecified atom stereocenters. The van der Waals surface area contributed by atoms with E-state index >= 15 is 0 Å². The van der Waals surface area contributed by atoms with Crippen molar-refractivity contribution in [2.75, 3.05) is 0 Å². The fourth-order valence-electron chi connectivity index (χ4n) is 2.25. The summed E-state index contributed by atoms with van der Waals surface area (Å²) in [5.74, 6) is 1.58. The number of nitrogens with zero attached hydrogens (tertiary/aromatic N) is 3. The lowest BCUT2D eigenvalue weighted by Crippen LogP contribution is -2.06. The zero-order valence-corrected chi connectivity index (χ0v) is 12.6. The van der Waals surface area contributed by atoms with E-state index in [1.54, 1.807) is 0 Å². The third kappa shape index (κ3) is 2.41. The van der Waals surface area contributed by atoms with Crippen LogP contribution < -0.4 is 0 Å². The Morgan fingerprint density at radius 3 is 2.80 bits per heavy atom. The molecular weight excluding hydrogens is 297 g/mol. The van der Waals surface area contributed by atoms with Gasteiger partial charge in [0.1, 0.15) is 17.3 Å². The molecule has 4 nitrogen and oxygen atoms in total. The van der Waals surface area contributed by atoms with Crippen molar-refractivity contribution < 1.29 is 4.52 Å². The highest BCUT2D eigenvalue weighted by Crippen LogP contribution is 2.27. The van der Waals surface area contributed by atoms with Gasteiger partial charge in [-0.05, 0) is 32.0 Å². The van der Waals surface area contributed by atoms with Crippen LogP contribution in [0.1, 0.15) is 29.6 Å². The van der Waals surface area contributed by atoms with E-state index in [0.29, 0.717) is 11.6 Å². The van der Waals surface area contributed by atoms with E-state index in [-0.39, 0.29) is 5.38 Å². The van der Waals surface area contributed by atoms with Crippen molar-refractivity contribution >= 4 is 34.2 Å². The molecule has 104 valence electrons. The third-order valence-corrected chi connectivity index (χ3v) is 3.52. The topological polar surface area (TPSA) is 43.9 Å². The normalized spacial score (nSPS) is 13.0. The molecule has 0 amide bonds. The SMILES string of the molecule is Cc1cc(Cn2c(C(C)Cl)nc3cc(Cl)ccc32)no1. The van der Waals surface area contributed by atoms with Crippen LogP contribution >= 0.6 is 23.2 Å². The zero-order valence-electron chi connectivity index (χ0n) is 11.1. The Balaban J connectivity index is 2.13. The first-order valence-electron chi connectivity index (χ1n) is 6.26. The van der Waals surface area contributed by atoms with Gasteiger partial charge in [-0.2, -0.15) is 0 Å². The van der Waals surface area contributed by atoms with Crippen molar-refractivity contribution in [1.29, 1.82) is 0 Å². The fourth-order valence-corrected chi connectivity index (χ4v) is 2.58. The summed E-state index contributed by atoms with van der Waals surface area (Å²) in [7, 11) is 0. The van der Waals surface area contributed by atoms with E-state index in [4.69, 9.17) is 27.7 Å². The van der Waals surface area contributed by atoms with Crippen LogP contribution in [-0.4, -0.2) is 14.7 Å². The van der Waals surface area contributed by atoms with Crippen molar-refractivity contribution in [3.63, 3.8) is 0 Å². The first-order valence-corrected chi connectivity index (χ1v) is 7.08. The third-order valence-electron chi connectivity index (χ3n) is 3.09. The number of alkyl halides is 1. The molecule has 1 aromatic carbocycles. The number of aromatic nitrogens is 3. The van der Waals surface area contributed by atoms with Gasteiger partial charge in [0.05, 0.1) is 23.0 Å². The molecule has 3 aromatic rings. The molecular formula is C14H13Cl2N3O. The lowest BCUT2D eigenvalue weighted by atomic mass is 10.3. The molecule has 2 aromatic heterocycles. The number of hydrogen-bond acceptors (Lipinski definition) is 3. The molecule has 20 heavy (non-hydrogen) atoms. The van der Waals surface area contributed by atoms with Gasteiger partial charge in [0.15, 0.2) is 0 Å². The molecule has 0 radical (unpaired) electrons. The Labute approximate surface area is 126 Å². The van der Waals surface area contributed by atoms with Crippen molar-refractivity contribution in [1.82, 2.24) is 14.7 Å². The highest BCUT2D eigenvalue weighted by molar-refractivity contribution is 6.31. The second-order valence-electron chi connectivity index (χ2n) is 4.73. The summed E-state index contributed by atoms with van der Waals surface area (Å²) in [4.78, 5) is 4.56. The van der Waals surface area contributed by atoms with E-state index in [1.165, 1.54) is 0 Å². The summed E-state index contributed by atoms with van der Waals surface area (Å²) in [5, 5.41) is 4.48. The number of benzene rings is 1. The Morgan fingerprint density at radius 1 is 1.35 bits per heavy atom. The van der Waals surface area contributed by atoms with Crippen LogP contribution in [-0.2, 0) is 6.54 Å². The van der Waals surface area contributed by atoms with Crippen LogP contribution in [0.2, 0.25) is 5.02 Å². The van der Waals surface area contributed by atoms with Gasteiger partial charge in [0.2, 0.25) is 0 Å². The highest BCUT2D eigenvalue weighted by Gasteiger charge is 2.16. The molecule has 0 bridgehead atoms. The van der Waals surface area contributed by atoms with Crippen LogP contribution in [0, 0.1) is 6.92 Å². The van der Waals surface area contributed by atoms with Gasteiger partial charge in [-0.25, -0.2) is 4.98 Å². The maximum absolute atomic E-state index is 6.23. The summed E-state index contributed by atoms with van der Waals surface area (Å²) >= 11 is 12.2. The van der Waals surface area contributed by atoms with Crippen molar-refractivity contribution in [3.8, 4) is 0 Å². The minimum Gasteiger partial charge on any atom is -0.361 e. The molecule has 6 heteroatoms. The largest absolute Gasteiger partial charge is 0.361 e. The van der Waals surface area contributed by atoms with Crippen molar-refractivity contribution in [3.05, 3.63) is 46.6 Å². The Hall–Kier alpha value is -1.52. The Morgan fingerprint density at radius 2 is 2.15 bits per heavy atom. The molecule has 0 saturated carbocycles. The smallest absolute Gasteiger partial charge is 0.133 e. The van der Waals surface area contributed by atoms with Gasteiger partial charge < -0.3 is 9.09 Å². The first-order chi connectivity index (χ1) is 9.54. The quantitative estimate of drug-likeness (QED) is 0.676. The van der Waals surface area contributed by atoms with Crippen LogP contribution in [0.5, 0.6) is 0 Å². The molecule has 0 N–H and O–H groups in total. The van der Waals surface area contributed by atoms with Gasteiger partial charge in [0, 0.05) is 11.1 Å². The fraction of sp³-hybridized carbons (Fsp3) is 0.286. The standard InChI is InChI=1S/C14H13Cl2N3O/c1-8-5-11(18-20-8)7-19-13-4-3-10(16)6-12(13)17-14(19)9(2)15/h3-6,9H,7H2,1-2H3. The summed E-state index contributed by atoms with van der Waals surface area (Å²) < 4.78 is 7.15. The van der Waals surface area contributed by atoms with Crippen LogP contribution in [0.3, 0.4) is 0 Å². The van der Waals surface area contributed by atoms with E-state index in [2.05, 4.69) is 10.1 Å². The molecule has 1 atom stereocenters. The van der Waals surface area contributed by atoms with Gasteiger partial charge in [-0.1, -0.05) is 16.8 Å². The summed E-state index contributed by atoms with van der Waals surface area (Å²) in [6, 6.07) is 7.54. The monoisotopic (exact) mass is 309 g/mol. The van der Waals surface area contributed by atoms with E-state index < -0.39 is 0 Å². The van der Waals surface area contributed by atoms with Gasteiger partial charge in [-0.3, -0.25) is 0 Å². The summed E-state index contributed by atoms with van der Waals surface area (Å²) in [5.41, 5.74) is 2.66. The number of rotatable bonds is 3. The number of halogens is 2. The van der Waals surface area contributed by atoms with E-state index in [9.17, 15) is 0 Å². The maximum Gasteiger partial charge on any atom is 0.133 e. The van der Waals surface area contributed by atoms with Gasteiger partial charge in [0.25, 0.3) is 0 Å².